The maximum absolute atomic E-state index is 12.0. The van der Waals surface area contributed by atoms with Gasteiger partial charge in [0.15, 0.2) is 6.61 Å². The fraction of sp³-hybridized carbons (Fsp3) is 0.462. The second-order valence-corrected chi connectivity index (χ2v) is 5.90. The predicted molar refractivity (Wildman–Crippen MR) is 78.4 cm³/mol. The van der Waals surface area contributed by atoms with Crippen molar-refractivity contribution in [3.63, 3.8) is 0 Å². The van der Waals surface area contributed by atoms with Gasteiger partial charge in [-0.1, -0.05) is 27.5 Å². The molecule has 0 aliphatic carbocycles. The minimum atomic E-state index is -0.0223. The summed E-state index contributed by atoms with van der Waals surface area (Å²) in [6.07, 6.45) is 1.70. The number of nitrogens with two attached hydrogens (primary N) is 1. The molecular weight excluding hydrogens is 332 g/mol. The summed E-state index contributed by atoms with van der Waals surface area (Å²) in [7, 11) is 0. The van der Waals surface area contributed by atoms with Crippen molar-refractivity contribution in [1.29, 1.82) is 0 Å². The first-order valence-electron chi connectivity index (χ1n) is 6.17. The van der Waals surface area contributed by atoms with Crippen LogP contribution < -0.4 is 10.5 Å². The van der Waals surface area contributed by atoms with E-state index in [1.807, 2.05) is 6.07 Å². The van der Waals surface area contributed by atoms with E-state index in [2.05, 4.69) is 15.9 Å². The summed E-state index contributed by atoms with van der Waals surface area (Å²) in [5.41, 5.74) is 5.81. The molecule has 1 aromatic carbocycles. The van der Waals surface area contributed by atoms with Crippen molar-refractivity contribution in [3.8, 4) is 5.75 Å². The van der Waals surface area contributed by atoms with Crippen LogP contribution in [-0.4, -0.2) is 36.5 Å². The van der Waals surface area contributed by atoms with E-state index in [4.69, 9.17) is 22.1 Å². The Balaban J connectivity index is 1.86. The van der Waals surface area contributed by atoms with Crippen LogP contribution in [-0.2, 0) is 4.79 Å². The number of ether oxygens (including phenoxy) is 1. The monoisotopic (exact) mass is 346 g/mol. The molecule has 1 saturated heterocycles. The number of amides is 1. The SMILES string of the molecule is NC1CCN(C(=O)COc2ccc(Br)cc2Cl)CC1. The third kappa shape index (κ3) is 4.09. The zero-order valence-corrected chi connectivity index (χ0v) is 12.8. The van der Waals surface area contributed by atoms with Gasteiger partial charge in [0.1, 0.15) is 5.75 Å². The Morgan fingerprint density at radius 3 is 2.79 bits per heavy atom. The normalized spacial score (nSPS) is 16.5. The second kappa shape index (κ2) is 6.59. The molecule has 1 heterocycles. The van der Waals surface area contributed by atoms with E-state index in [1.54, 1.807) is 17.0 Å². The van der Waals surface area contributed by atoms with E-state index in [-0.39, 0.29) is 18.6 Å². The molecule has 104 valence electrons. The summed E-state index contributed by atoms with van der Waals surface area (Å²) in [5.74, 6) is 0.498. The maximum Gasteiger partial charge on any atom is 0.260 e. The van der Waals surface area contributed by atoms with Crippen LogP contribution in [0.5, 0.6) is 5.75 Å². The highest BCUT2D eigenvalue weighted by Crippen LogP contribution is 2.27. The third-order valence-electron chi connectivity index (χ3n) is 3.14. The molecule has 2 N–H and O–H groups in total. The summed E-state index contributed by atoms with van der Waals surface area (Å²) >= 11 is 9.34. The van der Waals surface area contributed by atoms with Crippen molar-refractivity contribution in [2.75, 3.05) is 19.7 Å². The fourth-order valence-corrected chi connectivity index (χ4v) is 2.70. The Labute approximate surface area is 126 Å². The van der Waals surface area contributed by atoms with Gasteiger partial charge in [0.05, 0.1) is 5.02 Å². The van der Waals surface area contributed by atoms with Crippen molar-refractivity contribution in [2.45, 2.75) is 18.9 Å². The average Bonchev–Trinajstić information content (AvgIpc) is 2.38. The van der Waals surface area contributed by atoms with Crippen LogP contribution in [0.25, 0.3) is 0 Å². The lowest BCUT2D eigenvalue weighted by Crippen LogP contribution is -2.44. The number of carbonyl (C=O) groups is 1. The number of halogens is 2. The fourth-order valence-electron chi connectivity index (χ4n) is 1.97. The van der Waals surface area contributed by atoms with Gasteiger partial charge >= 0.3 is 0 Å². The van der Waals surface area contributed by atoms with Gasteiger partial charge in [-0.3, -0.25) is 4.79 Å². The molecular formula is C13H16BrClN2O2. The summed E-state index contributed by atoms with van der Waals surface area (Å²) in [6, 6.07) is 5.52. The van der Waals surface area contributed by atoms with Crippen LogP contribution in [0.2, 0.25) is 5.02 Å². The van der Waals surface area contributed by atoms with Crippen molar-refractivity contribution in [2.24, 2.45) is 5.73 Å². The minimum Gasteiger partial charge on any atom is -0.482 e. The van der Waals surface area contributed by atoms with Crippen LogP contribution in [0.4, 0.5) is 0 Å². The first kappa shape index (κ1) is 14.6. The van der Waals surface area contributed by atoms with Crippen LogP contribution in [0.1, 0.15) is 12.8 Å². The molecule has 1 aromatic rings. The Hall–Kier alpha value is -0.780. The molecule has 0 spiro atoms. The van der Waals surface area contributed by atoms with Crippen LogP contribution >= 0.6 is 27.5 Å². The van der Waals surface area contributed by atoms with E-state index >= 15 is 0 Å². The lowest BCUT2D eigenvalue weighted by atomic mass is 10.1. The molecule has 1 amide bonds. The highest BCUT2D eigenvalue weighted by Gasteiger charge is 2.20. The molecule has 0 radical (unpaired) electrons. The number of carbonyl (C=O) groups excluding carboxylic acids is 1. The molecule has 0 bridgehead atoms. The van der Waals surface area contributed by atoms with Crippen LogP contribution in [0.15, 0.2) is 22.7 Å². The first-order chi connectivity index (χ1) is 9.06. The summed E-state index contributed by atoms with van der Waals surface area (Å²) < 4.78 is 6.33. The number of likely N-dealkylation sites (tertiary alicyclic amines) is 1. The van der Waals surface area contributed by atoms with Crippen molar-refractivity contribution < 1.29 is 9.53 Å². The van der Waals surface area contributed by atoms with Gasteiger partial charge in [-0.25, -0.2) is 0 Å². The minimum absolute atomic E-state index is 0.0105. The molecule has 4 nitrogen and oxygen atoms in total. The van der Waals surface area contributed by atoms with E-state index < -0.39 is 0 Å². The Bertz CT molecular complexity index is 462. The smallest absolute Gasteiger partial charge is 0.260 e. The zero-order chi connectivity index (χ0) is 13.8. The quantitative estimate of drug-likeness (QED) is 0.913. The molecule has 19 heavy (non-hydrogen) atoms. The number of piperidine rings is 1. The summed E-state index contributed by atoms with van der Waals surface area (Å²) in [6.45, 7) is 1.42. The topological polar surface area (TPSA) is 55.6 Å². The predicted octanol–water partition coefficient (Wildman–Crippen LogP) is 2.43. The van der Waals surface area contributed by atoms with Gasteiger partial charge in [0.2, 0.25) is 0 Å². The van der Waals surface area contributed by atoms with E-state index in [0.717, 1.165) is 17.3 Å². The lowest BCUT2D eigenvalue weighted by molar-refractivity contribution is -0.134. The Morgan fingerprint density at radius 1 is 1.47 bits per heavy atom. The van der Waals surface area contributed by atoms with Gasteiger partial charge < -0.3 is 15.4 Å². The van der Waals surface area contributed by atoms with Crippen molar-refractivity contribution in [1.82, 2.24) is 4.90 Å². The molecule has 2 rings (SSSR count). The first-order valence-corrected chi connectivity index (χ1v) is 7.34. The van der Waals surface area contributed by atoms with Gasteiger partial charge in [-0.05, 0) is 31.0 Å². The number of nitrogens with zero attached hydrogens (tertiary/aromatic N) is 1. The van der Waals surface area contributed by atoms with Crippen molar-refractivity contribution in [3.05, 3.63) is 27.7 Å². The number of rotatable bonds is 3. The molecule has 0 aromatic heterocycles. The summed E-state index contributed by atoms with van der Waals surface area (Å²) in [4.78, 5) is 13.8. The molecule has 1 aliphatic heterocycles. The second-order valence-electron chi connectivity index (χ2n) is 4.58. The largest absolute Gasteiger partial charge is 0.482 e. The standard InChI is InChI=1S/C13H16BrClN2O2/c14-9-1-2-12(11(15)7-9)19-8-13(18)17-5-3-10(16)4-6-17/h1-2,7,10H,3-6,8,16H2. The zero-order valence-electron chi connectivity index (χ0n) is 10.4. The Morgan fingerprint density at radius 2 is 2.16 bits per heavy atom. The van der Waals surface area contributed by atoms with Crippen LogP contribution in [0, 0.1) is 0 Å². The third-order valence-corrected chi connectivity index (χ3v) is 3.93. The number of hydrogen-bond acceptors (Lipinski definition) is 3. The molecule has 0 atom stereocenters. The molecule has 6 heteroatoms. The van der Waals surface area contributed by atoms with E-state index in [9.17, 15) is 4.79 Å². The van der Waals surface area contributed by atoms with Crippen molar-refractivity contribution >= 4 is 33.4 Å². The number of benzene rings is 1. The van der Waals surface area contributed by atoms with Crippen LogP contribution in [0.3, 0.4) is 0 Å². The molecule has 0 saturated carbocycles. The molecule has 0 unspecified atom stereocenters. The molecule has 1 aliphatic rings. The lowest BCUT2D eigenvalue weighted by Gasteiger charge is -2.30. The Kier molecular flexibility index (Phi) is 5.07. The summed E-state index contributed by atoms with van der Waals surface area (Å²) in [5, 5.41) is 0.489. The molecule has 1 fully saturated rings. The van der Waals surface area contributed by atoms with Gasteiger partial charge in [0, 0.05) is 23.6 Å². The van der Waals surface area contributed by atoms with Gasteiger partial charge in [0.25, 0.3) is 5.91 Å². The maximum atomic E-state index is 12.0. The highest BCUT2D eigenvalue weighted by molar-refractivity contribution is 9.10. The number of hydrogen-bond donors (Lipinski definition) is 1. The van der Waals surface area contributed by atoms with E-state index in [0.29, 0.717) is 23.9 Å². The van der Waals surface area contributed by atoms with E-state index in [1.165, 1.54) is 0 Å². The highest BCUT2D eigenvalue weighted by atomic mass is 79.9. The van der Waals surface area contributed by atoms with Gasteiger partial charge in [-0.15, -0.1) is 0 Å². The van der Waals surface area contributed by atoms with Gasteiger partial charge in [-0.2, -0.15) is 0 Å². The average molecular weight is 348 g/mol.